The molecular formula is C14H20Cl3FN2. The van der Waals surface area contributed by atoms with Crippen molar-refractivity contribution in [3.63, 3.8) is 0 Å². The molecule has 0 aliphatic carbocycles. The van der Waals surface area contributed by atoms with Gasteiger partial charge >= 0.3 is 0 Å². The summed E-state index contributed by atoms with van der Waals surface area (Å²) in [6.45, 7) is 7.53. The molecule has 1 fully saturated rings. The molecule has 1 N–H and O–H groups in total. The molecule has 2 nitrogen and oxygen atoms in total. The van der Waals surface area contributed by atoms with Crippen molar-refractivity contribution in [1.29, 1.82) is 0 Å². The van der Waals surface area contributed by atoms with E-state index in [-0.39, 0.29) is 36.7 Å². The summed E-state index contributed by atoms with van der Waals surface area (Å²) in [5.41, 5.74) is 0.709. The Morgan fingerprint density at radius 1 is 1.35 bits per heavy atom. The van der Waals surface area contributed by atoms with E-state index in [1.54, 1.807) is 12.1 Å². The zero-order valence-corrected chi connectivity index (χ0v) is 13.5. The van der Waals surface area contributed by atoms with Crippen LogP contribution in [0.4, 0.5) is 4.39 Å². The Labute approximate surface area is 137 Å². The Balaban J connectivity index is 0.00000180. The van der Waals surface area contributed by atoms with Gasteiger partial charge in [0.15, 0.2) is 0 Å². The summed E-state index contributed by atoms with van der Waals surface area (Å²) in [6.07, 6.45) is 2.60. The lowest BCUT2D eigenvalue weighted by Crippen LogP contribution is -2.45. The van der Waals surface area contributed by atoms with Crippen molar-refractivity contribution in [1.82, 2.24) is 10.2 Å². The standard InChI is InChI=1S/C14H18ClFN2.2ClH/c1-2-3-14(18-8-6-17-7-9-18)12-5-4-11(15)10-13(12)16;;/h2,4-5,10,14,17H,1,3,6-9H2;2*1H/t14-;;/m1../s1. The van der Waals surface area contributed by atoms with Crippen LogP contribution in [-0.2, 0) is 0 Å². The molecule has 2 rings (SSSR count). The molecule has 0 spiro atoms. The largest absolute Gasteiger partial charge is 0.314 e. The van der Waals surface area contributed by atoms with E-state index in [2.05, 4.69) is 16.8 Å². The summed E-state index contributed by atoms with van der Waals surface area (Å²) >= 11 is 5.80. The maximum Gasteiger partial charge on any atom is 0.129 e. The summed E-state index contributed by atoms with van der Waals surface area (Å²) in [5.74, 6) is -0.229. The maximum absolute atomic E-state index is 14.0. The predicted molar refractivity (Wildman–Crippen MR) is 87.9 cm³/mol. The van der Waals surface area contributed by atoms with Crippen LogP contribution in [0.15, 0.2) is 30.9 Å². The third-order valence-corrected chi connectivity index (χ3v) is 3.54. The van der Waals surface area contributed by atoms with Gasteiger partial charge in [-0.05, 0) is 18.6 Å². The van der Waals surface area contributed by atoms with Gasteiger partial charge in [-0.2, -0.15) is 0 Å². The number of nitrogens with zero attached hydrogens (tertiary/aromatic N) is 1. The molecule has 0 saturated carbocycles. The fourth-order valence-corrected chi connectivity index (χ4v) is 2.55. The third kappa shape index (κ3) is 4.90. The van der Waals surface area contributed by atoms with E-state index in [1.165, 1.54) is 6.07 Å². The highest BCUT2D eigenvalue weighted by Crippen LogP contribution is 2.28. The van der Waals surface area contributed by atoms with Crippen molar-refractivity contribution in [2.75, 3.05) is 26.2 Å². The van der Waals surface area contributed by atoms with Gasteiger partial charge in [0.25, 0.3) is 0 Å². The molecule has 1 aliphatic heterocycles. The minimum atomic E-state index is -0.229. The van der Waals surface area contributed by atoms with Gasteiger partial charge in [0.2, 0.25) is 0 Å². The van der Waals surface area contributed by atoms with Gasteiger partial charge in [-0.1, -0.05) is 23.7 Å². The van der Waals surface area contributed by atoms with Crippen molar-refractivity contribution in [2.45, 2.75) is 12.5 Å². The molecule has 6 heteroatoms. The van der Waals surface area contributed by atoms with E-state index in [9.17, 15) is 4.39 Å². The van der Waals surface area contributed by atoms with Crippen LogP contribution in [0.2, 0.25) is 5.02 Å². The number of halogens is 4. The van der Waals surface area contributed by atoms with Gasteiger partial charge in [-0.15, -0.1) is 31.4 Å². The molecule has 0 unspecified atom stereocenters. The average molecular weight is 342 g/mol. The van der Waals surface area contributed by atoms with Crippen LogP contribution in [-0.4, -0.2) is 31.1 Å². The fraction of sp³-hybridized carbons (Fsp3) is 0.429. The second kappa shape index (κ2) is 9.59. The van der Waals surface area contributed by atoms with E-state index < -0.39 is 0 Å². The average Bonchev–Trinajstić information content (AvgIpc) is 2.38. The molecule has 0 bridgehead atoms. The molecule has 1 heterocycles. The highest BCUT2D eigenvalue weighted by Gasteiger charge is 2.23. The smallest absolute Gasteiger partial charge is 0.129 e. The van der Waals surface area contributed by atoms with Crippen molar-refractivity contribution in [3.05, 3.63) is 47.3 Å². The van der Waals surface area contributed by atoms with Crippen LogP contribution in [0, 0.1) is 5.82 Å². The first-order chi connectivity index (χ1) is 8.72. The van der Waals surface area contributed by atoms with Crippen LogP contribution < -0.4 is 5.32 Å². The monoisotopic (exact) mass is 340 g/mol. The van der Waals surface area contributed by atoms with Crippen LogP contribution in [0.3, 0.4) is 0 Å². The van der Waals surface area contributed by atoms with E-state index >= 15 is 0 Å². The number of nitrogens with one attached hydrogen (secondary N) is 1. The van der Waals surface area contributed by atoms with Crippen LogP contribution in [0.5, 0.6) is 0 Å². The minimum absolute atomic E-state index is 0. The number of hydrogen-bond acceptors (Lipinski definition) is 2. The first-order valence-electron chi connectivity index (χ1n) is 6.23. The molecule has 0 aromatic heterocycles. The highest BCUT2D eigenvalue weighted by molar-refractivity contribution is 6.30. The van der Waals surface area contributed by atoms with Crippen molar-refractivity contribution in [2.24, 2.45) is 0 Å². The Morgan fingerprint density at radius 2 is 2.00 bits per heavy atom. The normalized spacial score (nSPS) is 16.7. The summed E-state index contributed by atoms with van der Waals surface area (Å²) in [6, 6.07) is 4.98. The molecule has 1 saturated heterocycles. The Morgan fingerprint density at radius 3 is 2.55 bits per heavy atom. The fourth-order valence-electron chi connectivity index (χ4n) is 2.40. The molecule has 0 amide bonds. The zero-order valence-electron chi connectivity index (χ0n) is 11.1. The lowest BCUT2D eigenvalue weighted by atomic mass is 10.0. The van der Waals surface area contributed by atoms with E-state index in [1.807, 2.05) is 6.08 Å². The van der Waals surface area contributed by atoms with Gasteiger partial charge in [-0.25, -0.2) is 4.39 Å². The Kier molecular flexibility index (Phi) is 9.43. The van der Waals surface area contributed by atoms with Crippen LogP contribution in [0.25, 0.3) is 0 Å². The number of piperazine rings is 1. The van der Waals surface area contributed by atoms with E-state index in [4.69, 9.17) is 11.6 Å². The summed E-state index contributed by atoms with van der Waals surface area (Å²) < 4.78 is 14.0. The number of hydrogen-bond donors (Lipinski definition) is 1. The second-order valence-corrected chi connectivity index (χ2v) is 4.93. The lowest BCUT2D eigenvalue weighted by Gasteiger charge is -2.35. The van der Waals surface area contributed by atoms with Gasteiger partial charge < -0.3 is 5.32 Å². The summed E-state index contributed by atoms with van der Waals surface area (Å²) in [4.78, 5) is 2.30. The Bertz CT molecular complexity index is 423. The SMILES string of the molecule is C=CC[C@H](c1ccc(Cl)cc1F)N1CCNCC1.Cl.Cl. The van der Waals surface area contributed by atoms with Gasteiger partial charge in [0, 0.05) is 42.8 Å². The Hall–Kier alpha value is -0.320. The molecule has 1 aromatic carbocycles. The first kappa shape index (κ1) is 19.7. The topological polar surface area (TPSA) is 15.3 Å². The maximum atomic E-state index is 14.0. The third-order valence-electron chi connectivity index (χ3n) is 3.30. The zero-order chi connectivity index (χ0) is 13.0. The van der Waals surface area contributed by atoms with Gasteiger partial charge in [0.05, 0.1) is 0 Å². The molecule has 1 atom stereocenters. The quantitative estimate of drug-likeness (QED) is 0.837. The molecule has 1 aromatic rings. The lowest BCUT2D eigenvalue weighted by molar-refractivity contribution is 0.171. The summed E-state index contributed by atoms with van der Waals surface area (Å²) in [7, 11) is 0. The summed E-state index contributed by atoms with van der Waals surface area (Å²) in [5, 5.41) is 3.74. The van der Waals surface area contributed by atoms with Gasteiger partial charge in [0.1, 0.15) is 5.82 Å². The van der Waals surface area contributed by atoms with Crippen molar-refractivity contribution in [3.8, 4) is 0 Å². The number of benzene rings is 1. The van der Waals surface area contributed by atoms with Crippen molar-refractivity contribution < 1.29 is 4.39 Å². The molecule has 0 radical (unpaired) electrons. The first-order valence-corrected chi connectivity index (χ1v) is 6.61. The highest BCUT2D eigenvalue weighted by atomic mass is 35.5. The molecule has 1 aliphatic rings. The van der Waals surface area contributed by atoms with E-state index in [0.717, 1.165) is 32.6 Å². The van der Waals surface area contributed by atoms with E-state index in [0.29, 0.717) is 10.6 Å². The minimum Gasteiger partial charge on any atom is -0.314 e. The van der Waals surface area contributed by atoms with Crippen LogP contribution in [0.1, 0.15) is 18.0 Å². The molecular weight excluding hydrogens is 322 g/mol. The predicted octanol–water partition coefficient (Wildman–Crippen LogP) is 3.85. The van der Waals surface area contributed by atoms with Gasteiger partial charge in [-0.3, -0.25) is 4.90 Å². The molecule has 20 heavy (non-hydrogen) atoms. The van der Waals surface area contributed by atoms with Crippen LogP contribution >= 0.6 is 36.4 Å². The molecule has 114 valence electrons. The van der Waals surface area contributed by atoms with Crippen molar-refractivity contribution >= 4 is 36.4 Å². The number of rotatable bonds is 4. The second-order valence-electron chi connectivity index (χ2n) is 4.49.